The molecule has 0 spiro atoms. The Hall–Kier alpha value is -3.47. The quantitative estimate of drug-likeness (QED) is 0.401. The van der Waals surface area contributed by atoms with Crippen LogP contribution in [-0.2, 0) is 6.61 Å². The molecule has 0 unspecified atom stereocenters. The highest BCUT2D eigenvalue weighted by Gasteiger charge is 2.09. The second-order valence-electron chi connectivity index (χ2n) is 6.08. The number of rotatable bonds is 6. The molecule has 1 aromatic heterocycles. The highest BCUT2D eigenvalue weighted by atomic mass is 19.1. The van der Waals surface area contributed by atoms with Crippen molar-refractivity contribution in [2.45, 2.75) is 13.5 Å². The molecule has 3 aromatic rings. The van der Waals surface area contributed by atoms with E-state index in [0.29, 0.717) is 27.9 Å². The molecule has 1 heterocycles. The molecule has 0 aliphatic carbocycles. The Morgan fingerprint density at radius 1 is 1.14 bits per heavy atom. The first kappa shape index (κ1) is 19.3. The SMILES string of the molecule is C=C(/C=C\C=C/C)c1cc2ccc(OCc3ccc(F)cc3F)cc2oc1=O. The lowest BCUT2D eigenvalue weighted by atomic mass is 10.1. The second kappa shape index (κ2) is 8.48. The number of halogens is 2. The third-order valence-corrected chi connectivity index (χ3v) is 4.06. The van der Waals surface area contributed by atoms with Gasteiger partial charge in [0, 0.05) is 23.1 Å². The zero-order chi connectivity index (χ0) is 20.1. The van der Waals surface area contributed by atoms with Gasteiger partial charge in [-0.05, 0) is 42.8 Å². The zero-order valence-corrected chi connectivity index (χ0v) is 15.2. The van der Waals surface area contributed by atoms with E-state index in [4.69, 9.17) is 9.15 Å². The molecule has 3 rings (SSSR count). The van der Waals surface area contributed by atoms with E-state index >= 15 is 0 Å². The fourth-order valence-corrected chi connectivity index (χ4v) is 2.58. The lowest BCUT2D eigenvalue weighted by molar-refractivity contribution is 0.299. The van der Waals surface area contributed by atoms with Crippen molar-refractivity contribution in [2.24, 2.45) is 0 Å². The number of benzene rings is 2. The van der Waals surface area contributed by atoms with Crippen molar-refractivity contribution >= 4 is 16.5 Å². The van der Waals surface area contributed by atoms with Gasteiger partial charge in [0.25, 0.3) is 0 Å². The fourth-order valence-electron chi connectivity index (χ4n) is 2.58. The van der Waals surface area contributed by atoms with Crippen LogP contribution in [0.15, 0.2) is 82.6 Å². The molecule has 5 heteroatoms. The van der Waals surface area contributed by atoms with Crippen LogP contribution < -0.4 is 10.4 Å². The second-order valence-corrected chi connectivity index (χ2v) is 6.08. The van der Waals surface area contributed by atoms with E-state index in [1.807, 2.05) is 19.1 Å². The Labute approximate surface area is 160 Å². The highest BCUT2D eigenvalue weighted by molar-refractivity contribution is 5.83. The number of hydrogen-bond acceptors (Lipinski definition) is 3. The van der Waals surface area contributed by atoms with Gasteiger partial charge in [0.15, 0.2) is 0 Å². The van der Waals surface area contributed by atoms with E-state index in [1.165, 1.54) is 12.1 Å². The van der Waals surface area contributed by atoms with Crippen LogP contribution in [0, 0.1) is 11.6 Å². The summed E-state index contributed by atoms with van der Waals surface area (Å²) in [6, 6.07) is 9.98. The fraction of sp³-hybridized carbons (Fsp3) is 0.0870. The van der Waals surface area contributed by atoms with E-state index in [1.54, 1.807) is 36.4 Å². The molecule has 3 nitrogen and oxygen atoms in total. The Balaban J connectivity index is 1.83. The molecule has 0 amide bonds. The van der Waals surface area contributed by atoms with Crippen molar-refractivity contribution in [1.82, 2.24) is 0 Å². The van der Waals surface area contributed by atoms with Gasteiger partial charge in [-0.3, -0.25) is 0 Å². The van der Waals surface area contributed by atoms with Gasteiger partial charge in [-0.1, -0.05) is 30.9 Å². The number of fused-ring (bicyclic) bond motifs is 1. The van der Waals surface area contributed by atoms with Crippen LogP contribution >= 0.6 is 0 Å². The Bertz CT molecular complexity index is 1140. The van der Waals surface area contributed by atoms with Gasteiger partial charge in [-0.25, -0.2) is 13.6 Å². The van der Waals surface area contributed by atoms with Crippen LogP contribution in [0.1, 0.15) is 18.1 Å². The van der Waals surface area contributed by atoms with E-state index in [0.717, 1.165) is 6.07 Å². The number of hydrogen-bond donors (Lipinski definition) is 0. The summed E-state index contributed by atoms with van der Waals surface area (Å²) >= 11 is 0. The average Bonchev–Trinajstić information content (AvgIpc) is 2.66. The van der Waals surface area contributed by atoms with Crippen molar-refractivity contribution in [3.8, 4) is 5.75 Å². The molecular formula is C23H18F2O3. The molecular weight excluding hydrogens is 362 g/mol. The van der Waals surface area contributed by atoms with Gasteiger partial charge in [0.2, 0.25) is 0 Å². The minimum atomic E-state index is -0.679. The number of ether oxygens (including phenoxy) is 1. The van der Waals surface area contributed by atoms with Crippen LogP contribution in [0.25, 0.3) is 16.5 Å². The molecule has 0 N–H and O–H groups in total. The molecule has 28 heavy (non-hydrogen) atoms. The first-order chi connectivity index (χ1) is 13.5. The molecule has 0 aliphatic heterocycles. The van der Waals surface area contributed by atoms with Crippen LogP contribution in [0.3, 0.4) is 0 Å². The molecule has 0 bridgehead atoms. The summed E-state index contributed by atoms with van der Waals surface area (Å²) in [4.78, 5) is 12.3. The van der Waals surface area contributed by atoms with Gasteiger partial charge in [0.1, 0.15) is 29.6 Å². The summed E-state index contributed by atoms with van der Waals surface area (Å²) < 4.78 is 37.6. The maximum Gasteiger partial charge on any atom is 0.344 e. The van der Waals surface area contributed by atoms with Crippen molar-refractivity contribution in [2.75, 3.05) is 0 Å². The predicted octanol–water partition coefficient (Wildman–Crippen LogP) is 5.80. The van der Waals surface area contributed by atoms with Crippen molar-refractivity contribution in [3.63, 3.8) is 0 Å². The van der Waals surface area contributed by atoms with Crippen LogP contribution in [0.5, 0.6) is 5.75 Å². The molecule has 0 saturated heterocycles. The molecule has 0 atom stereocenters. The van der Waals surface area contributed by atoms with Gasteiger partial charge < -0.3 is 9.15 Å². The van der Waals surface area contributed by atoms with E-state index in [9.17, 15) is 13.6 Å². The van der Waals surface area contributed by atoms with Crippen LogP contribution in [-0.4, -0.2) is 0 Å². The van der Waals surface area contributed by atoms with Crippen molar-refractivity contribution < 1.29 is 17.9 Å². The van der Waals surface area contributed by atoms with E-state index in [-0.39, 0.29) is 12.2 Å². The molecule has 2 aromatic carbocycles. The molecule has 0 fully saturated rings. The van der Waals surface area contributed by atoms with Crippen molar-refractivity contribution in [3.05, 3.63) is 107 Å². The van der Waals surface area contributed by atoms with Gasteiger partial charge in [-0.2, -0.15) is 0 Å². The zero-order valence-electron chi connectivity index (χ0n) is 15.2. The summed E-state index contributed by atoms with van der Waals surface area (Å²) in [7, 11) is 0. The van der Waals surface area contributed by atoms with E-state index < -0.39 is 17.3 Å². The predicted molar refractivity (Wildman–Crippen MR) is 106 cm³/mol. The van der Waals surface area contributed by atoms with Gasteiger partial charge >= 0.3 is 5.63 Å². The van der Waals surface area contributed by atoms with Crippen LogP contribution in [0.4, 0.5) is 8.78 Å². The molecule has 0 radical (unpaired) electrons. The standard InChI is InChI=1S/C23H18F2O3/c1-3-4-5-6-15(2)20-11-16-8-10-19(13-22(16)28-23(20)26)27-14-17-7-9-18(24)12-21(17)25/h3-13H,2,14H2,1H3/b4-3-,6-5-. The van der Waals surface area contributed by atoms with Crippen molar-refractivity contribution in [1.29, 1.82) is 0 Å². The summed E-state index contributed by atoms with van der Waals surface area (Å²) in [6.07, 6.45) is 7.22. The Kier molecular flexibility index (Phi) is 5.84. The first-order valence-corrected chi connectivity index (χ1v) is 8.61. The molecule has 0 aliphatic rings. The van der Waals surface area contributed by atoms with E-state index in [2.05, 4.69) is 6.58 Å². The van der Waals surface area contributed by atoms with Gasteiger partial charge in [0.05, 0.1) is 5.56 Å². The monoisotopic (exact) mass is 380 g/mol. The van der Waals surface area contributed by atoms with Crippen LogP contribution in [0.2, 0.25) is 0 Å². The normalized spacial score (nSPS) is 11.5. The maximum absolute atomic E-state index is 13.7. The summed E-state index contributed by atoms with van der Waals surface area (Å²) in [5.41, 5.74) is 0.971. The molecule has 142 valence electrons. The Morgan fingerprint density at radius 3 is 2.71 bits per heavy atom. The lowest BCUT2D eigenvalue weighted by Gasteiger charge is -2.08. The largest absolute Gasteiger partial charge is 0.489 e. The smallest absolute Gasteiger partial charge is 0.344 e. The molecule has 0 saturated carbocycles. The summed E-state index contributed by atoms with van der Waals surface area (Å²) in [6.45, 7) is 5.71. The number of allylic oxidation sites excluding steroid dienone is 5. The third kappa shape index (κ3) is 4.43. The lowest BCUT2D eigenvalue weighted by Crippen LogP contribution is -2.05. The highest BCUT2D eigenvalue weighted by Crippen LogP contribution is 2.23. The minimum Gasteiger partial charge on any atom is -0.489 e. The summed E-state index contributed by atoms with van der Waals surface area (Å²) in [5.74, 6) is -0.924. The third-order valence-electron chi connectivity index (χ3n) is 4.06. The summed E-state index contributed by atoms with van der Waals surface area (Å²) in [5, 5.41) is 0.704. The maximum atomic E-state index is 13.7. The minimum absolute atomic E-state index is 0.0769. The average molecular weight is 380 g/mol. The first-order valence-electron chi connectivity index (χ1n) is 8.61. The Morgan fingerprint density at radius 2 is 1.96 bits per heavy atom. The van der Waals surface area contributed by atoms with Gasteiger partial charge in [-0.15, -0.1) is 0 Å². The topological polar surface area (TPSA) is 39.4 Å².